The standard InChI is InChI=1S/C23H19NO4S/c1-3-28-23(26)21-20(15-8-5-4-6-9-15)18-12-13-19(25)24(22(18)29-21)16-10-7-11-17(14-16)27-2/h4-14H,3H2,1-2H3. The molecular weight excluding hydrogens is 386 g/mol. The van der Waals surface area contributed by atoms with Gasteiger partial charge in [0.1, 0.15) is 15.5 Å². The van der Waals surface area contributed by atoms with E-state index in [-0.39, 0.29) is 12.2 Å². The monoisotopic (exact) mass is 405 g/mol. The minimum atomic E-state index is -0.391. The molecular formula is C23H19NO4S. The Hall–Kier alpha value is -3.38. The fourth-order valence-corrected chi connectivity index (χ4v) is 4.54. The lowest BCUT2D eigenvalue weighted by Crippen LogP contribution is -2.16. The van der Waals surface area contributed by atoms with Gasteiger partial charge in [0.05, 0.1) is 19.4 Å². The van der Waals surface area contributed by atoms with Gasteiger partial charge in [-0.05, 0) is 30.7 Å². The molecule has 0 aliphatic carbocycles. The number of hydrogen-bond donors (Lipinski definition) is 0. The van der Waals surface area contributed by atoms with E-state index in [1.54, 1.807) is 30.7 Å². The average Bonchev–Trinajstić information content (AvgIpc) is 3.14. The largest absolute Gasteiger partial charge is 0.497 e. The van der Waals surface area contributed by atoms with E-state index >= 15 is 0 Å². The second kappa shape index (κ2) is 7.93. The maximum Gasteiger partial charge on any atom is 0.349 e. The summed E-state index contributed by atoms with van der Waals surface area (Å²) in [7, 11) is 1.58. The van der Waals surface area contributed by atoms with E-state index in [9.17, 15) is 9.59 Å². The number of thiophene rings is 1. The molecule has 2 aromatic carbocycles. The van der Waals surface area contributed by atoms with Crippen LogP contribution in [0, 0.1) is 0 Å². The summed E-state index contributed by atoms with van der Waals surface area (Å²) in [5.41, 5.74) is 2.18. The molecule has 0 aliphatic rings. The van der Waals surface area contributed by atoms with Crippen LogP contribution < -0.4 is 10.3 Å². The first kappa shape index (κ1) is 19.0. The molecule has 4 rings (SSSR count). The van der Waals surface area contributed by atoms with E-state index < -0.39 is 5.97 Å². The number of benzene rings is 2. The number of fused-ring (bicyclic) bond motifs is 1. The molecule has 0 saturated carbocycles. The zero-order valence-corrected chi connectivity index (χ0v) is 16.9. The average molecular weight is 405 g/mol. The van der Waals surface area contributed by atoms with Crippen LogP contribution in [0.15, 0.2) is 71.5 Å². The minimum absolute atomic E-state index is 0.179. The first-order valence-corrected chi connectivity index (χ1v) is 10.0. The van der Waals surface area contributed by atoms with Crippen LogP contribution in [0.2, 0.25) is 0 Å². The lowest BCUT2D eigenvalue weighted by molar-refractivity contribution is 0.0533. The highest BCUT2D eigenvalue weighted by Crippen LogP contribution is 2.39. The molecule has 0 saturated heterocycles. The maximum absolute atomic E-state index is 12.8. The van der Waals surface area contributed by atoms with Crippen molar-refractivity contribution in [1.29, 1.82) is 0 Å². The molecule has 4 aromatic rings. The molecule has 0 spiro atoms. The Kier molecular flexibility index (Phi) is 5.18. The molecule has 2 aromatic heterocycles. The molecule has 146 valence electrons. The normalized spacial score (nSPS) is 10.8. The summed E-state index contributed by atoms with van der Waals surface area (Å²) < 4.78 is 12.2. The van der Waals surface area contributed by atoms with Crippen molar-refractivity contribution in [2.24, 2.45) is 0 Å². The summed E-state index contributed by atoms with van der Waals surface area (Å²) in [6, 6.07) is 20.3. The summed E-state index contributed by atoms with van der Waals surface area (Å²) in [5, 5.41) is 0.826. The van der Waals surface area contributed by atoms with Gasteiger partial charge in [-0.2, -0.15) is 0 Å². The van der Waals surface area contributed by atoms with Crippen molar-refractivity contribution in [2.75, 3.05) is 13.7 Å². The molecule has 5 nitrogen and oxygen atoms in total. The van der Waals surface area contributed by atoms with Gasteiger partial charge >= 0.3 is 5.97 Å². The van der Waals surface area contributed by atoms with E-state index in [0.29, 0.717) is 21.1 Å². The van der Waals surface area contributed by atoms with Crippen molar-refractivity contribution >= 4 is 27.5 Å². The lowest BCUT2D eigenvalue weighted by atomic mass is 10.0. The summed E-state index contributed by atoms with van der Waals surface area (Å²) in [6.45, 7) is 2.06. The highest BCUT2D eigenvalue weighted by molar-refractivity contribution is 7.21. The summed E-state index contributed by atoms with van der Waals surface area (Å²) in [6.07, 6.45) is 0. The van der Waals surface area contributed by atoms with E-state index in [1.165, 1.54) is 17.4 Å². The number of ether oxygens (including phenoxy) is 2. The van der Waals surface area contributed by atoms with Crippen LogP contribution in [-0.4, -0.2) is 24.3 Å². The third-order valence-corrected chi connectivity index (χ3v) is 5.75. The molecule has 0 bridgehead atoms. The van der Waals surface area contributed by atoms with Gasteiger partial charge in [-0.25, -0.2) is 4.79 Å². The highest BCUT2D eigenvalue weighted by atomic mass is 32.1. The van der Waals surface area contributed by atoms with Crippen molar-refractivity contribution in [3.05, 3.63) is 82.0 Å². The van der Waals surface area contributed by atoms with Crippen LogP contribution in [0.25, 0.3) is 27.0 Å². The Labute approximate surface area is 171 Å². The van der Waals surface area contributed by atoms with Gasteiger partial charge in [0.25, 0.3) is 5.56 Å². The highest BCUT2D eigenvalue weighted by Gasteiger charge is 2.23. The third kappa shape index (κ3) is 3.43. The number of aromatic nitrogens is 1. The van der Waals surface area contributed by atoms with Gasteiger partial charge in [0, 0.05) is 23.1 Å². The second-order valence-corrected chi connectivity index (χ2v) is 7.32. The predicted octanol–water partition coefficient (Wildman–Crippen LogP) is 4.90. The topological polar surface area (TPSA) is 57.5 Å². The molecule has 6 heteroatoms. The fourth-order valence-electron chi connectivity index (χ4n) is 3.31. The number of methoxy groups -OCH3 is 1. The predicted molar refractivity (Wildman–Crippen MR) is 115 cm³/mol. The van der Waals surface area contributed by atoms with Gasteiger partial charge in [0.15, 0.2) is 0 Å². The summed E-state index contributed by atoms with van der Waals surface area (Å²) >= 11 is 1.26. The quantitative estimate of drug-likeness (QED) is 0.443. The van der Waals surface area contributed by atoms with Crippen molar-refractivity contribution in [3.63, 3.8) is 0 Å². The van der Waals surface area contributed by atoms with Gasteiger partial charge in [0.2, 0.25) is 0 Å². The molecule has 0 aliphatic heterocycles. The number of nitrogens with zero attached hydrogens (tertiary/aromatic N) is 1. The van der Waals surface area contributed by atoms with Crippen molar-refractivity contribution in [2.45, 2.75) is 6.92 Å². The maximum atomic E-state index is 12.8. The molecule has 0 unspecified atom stereocenters. The van der Waals surface area contributed by atoms with E-state index in [4.69, 9.17) is 9.47 Å². The van der Waals surface area contributed by atoms with Gasteiger partial charge in [-0.1, -0.05) is 36.4 Å². The molecule has 0 N–H and O–H groups in total. The van der Waals surface area contributed by atoms with E-state index in [0.717, 1.165) is 16.5 Å². The van der Waals surface area contributed by atoms with Crippen LogP contribution in [-0.2, 0) is 4.74 Å². The Morgan fingerprint density at radius 1 is 1.03 bits per heavy atom. The first-order valence-electron chi connectivity index (χ1n) is 9.19. The number of carbonyl (C=O) groups excluding carboxylic acids is 1. The van der Waals surface area contributed by atoms with Gasteiger partial charge < -0.3 is 9.47 Å². The van der Waals surface area contributed by atoms with Crippen LogP contribution >= 0.6 is 11.3 Å². The fraction of sp³-hybridized carbons (Fsp3) is 0.130. The smallest absolute Gasteiger partial charge is 0.349 e. The van der Waals surface area contributed by atoms with Crippen molar-refractivity contribution in [1.82, 2.24) is 4.57 Å². The first-order chi connectivity index (χ1) is 14.1. The van der Waals surface area contributed by atoms with Crippen LogP contribution in [0.1, 0.15) is 16.6 Å². The number of esters is 1. The van der Waals surface area contributed by atoms with E-state index in [2.05, 4.69) is 0 Å². The molecule has 0 radical (unpaired) electrons. The second-order valence-electron chi connectivity index (χ2n) is 6.32. The SMILES string of the molecule is CCOC(=O)c1sc2c(ccc(=O)n2-c2cccc(OC)c2)c1-c1ccccc1. The zero-order valence-electron chi connectivity index (χ0n) is 16.0. The Morgan fingerprint density at radius 2 is 1.83 bits per heavy atom. The zero-order chi connectivity index (χ0) is 20.4. The Balaban J connectivity index is 2.06. The number of carbonyl (C=O) groups is 1. The Morgan fingerprint density at radius 3 is 2.55 bits per heavy atom. The van der Waals surface area contributed by atoms with Crippen LogP contribution in [0.4, 0.5) is 0 Å². The van der Waals surface area contributed by atoms with Crippen LogP contribution in [0.3, 0.4) is 0 Å². The number of rotatable bonds is 5. The van der Waals surface area contributed by atoms with Crippen molar-refractivity contribution < 1.29 is 14.3 Å². The molecule has 2 heterocycles. The van der Waals surface area contributed by atoms with Crippen molar-refractivity contribution in [3.8, 4) is 22.6 Å². The minimum Gasteiger partial charge on any atom is -0.497 e. The molecule has 0 fully saturated rings. The third-order valence-electron chi connectivity index (χ3n) is 4.58. The lowest BCUT2D eigenvalue weighted by Gasteiger charge is -2.09. The van der Waals surface area contributed by atoms with Crippen LogP contribution in [0.5, 0.6) is 5.75 Å². The Bertz CT molecular complexity index is 1240. The molecule has 0 atom stereocenters. The summed E-state index contributed by atoms with van der Waals surface area (Å²) in [4.78, 5) is 26.7. The van der Waals surface area contributed by atoms with Gasteiger partial charge in [-0.3, -0.25) is 9.36 Å². The number of hydrogen-bond acceptors (Lipinski definition) is 5. The molecule has 29 heavy (non-hydrogen) atoms. The number of pyridine rings is 1. The van der Waals surface area contributed by atoms with Gasteiger partial charge in [-0.15, -0.1) is 11.3 Å². The van der Waals surface area contributed by atoms with E-state index in [1.807, 2.05) is 48.5 Å². The molecule has 0 amide bonds. The summed E-state index contributed by atoms with van der Waals surface area (Å²) in [5.74, 6) is 0.258.